The maximum atomic E-state index is 5.95. The van der Waals surface area contributed by atoms with Crippen LogP contribution in [0.5, 0.6) is 0 Å². The number of halogens is 1. The summed E-state index contributed by atoms with van der Waals surface area (Å²) in [7, 11) is 0. The average molecular weight is 318 g/mol. The highest BCUT2D eigenvalue weighted by molar-refractivity contribution is 7.98. The number of hydrogen-bond acceptors (Lipinski definition) is 4. The summed E-state index contributed by atoms with van der Waals surface area (Å²) < 4.78 is 0. The van der Waals surface area contributed by atoms with Crippen molar-refractivity contribution in [2.75, 3.05) is 11.3 Å². The molecular formula is C16H16ClN3S. The predicted octanol–water partition coefficient (Wildman–Crippen LogP) is 4.29. The second-order valence-corrected chi connectivity index (χ2v) is 6.22. The highest BCUT2D eigenvalue weighted by atomic mass is 35.5. The van der Waals surface area contributed by atoms with E-state index in [0.29, 0.717) is 5.84 Å². The molecule has 1 unspecified atom stereocenters. The summed E-state index contributed by atoms with van der Waals surface area (Å²) in [6.45, 7) is 0. The number of thioether (sulfide) groups is 1. The van der Waals surface area contributed by atoms with E-state index in [4.69, 9.17) is 17.3 Å². The van der Waals surface area contributed by atoms with Crippen molar-refractivity contribution in [3.05, 3.63) is 59.1 Å². The maximum Gasteiger partial charge on any atom is 0.122 e. The van der Waals surface area contributed by atoms with Gasteiger partial charge in [0.05, 0.1) is 11.7 Å². The van der Waals surface area contributed by atoms with Crippen LogP contribution in [-0.2, 0) is 0 Å². The molecule has 21 heavy (non-hydrogen) atoms. The zero-order valence-corrected chi connectivity index (χ0v) is 13.2. The second-order valence-electron chi connectivity index (χ2n) is 4.91. The number of nitrogens with zero attached hydrogens (tertiary/aromatic N) is 2. The zero-order chi connectivity index (χ0) is 14.8. The minimum atomic E-state index is 0.141. The molecule has 0 spiro atoms. The Bertz CT molecular complexity index is 652. The molecule has 3 nitrogen and oxygen atoms in total. The van der Waals surface area contributed by atoms with Gasteiger partial charge in [-0.05, 0) is 48.2 Å². The van der Waals surface area contributed by atoms with Crippen molar-refractivity contribution < 1.29 is 0 Å². The molecule has 1 aliphatic heterocycles. The predicted molar refractivity (Wildman–Crippen MR) is 91.1 cm³/mol. The Kier molecular flexibility index (Phi) is 4.08. The number of benzene rings is 2. The molecule has 0 aromatic heterocycles. The van der Waals surface area contributed by atoms with Gasteiger partial charge in [0, 0.05) is 16.3 Å². The van der Waals surface area contributed by atoms with Crippen LogP contribution in [0.2, 0.25) is 5.02 Å². The van der Waals surface area contributed by atoms with Crippen LogP contribution in [0.1, 0.15) is 18.0 Å². The Morgan fingerprint density at radius 2 is 1.81 bits per heavy atom. The number of rotatable bonds is 3. The Morgan fingerprint density at radius 1 is 1.14 bits per heavy atom. The minimum Gasteiger partial charge on any atom is -0.386 e. The molecule has 5 heteroatoms. The van der Waals surface area contributed by atoms with Gasteiger partial charge in [-0.1, -0.05) is 23.7 Å². The normalized spacial score (nSPS) is 17.9. The van der Waals surface area contributed by atoms with Gasteiger partial charge in [-0.25, -0.2) is 0 Å². The van der Waals surface area contributed by atoms with Gasteiger partial charge >= 0.3 is 0 Å². The molecule has 1 aliphatic rings. The summed E-state index contributed by atoms with van der Waals surface area (Å²) in [6, 6.07) is 16.4. The van der Waals surface area contributed by atoms with Crippen molar-refractivity contribution in [1.82, 2.24) is 0 Å². The van der Waals surface area contributed by atoms with Gasteiger partial charge in [0.25, 0.3) is 0 Å². The van der Waals surface area contributed by atoms with Gasteiger partial charge in [0.15, 0.2) is 0 Å². The van der Waals surface area contributed by atoms with Crippen LogP contribution in [0.4, 0.5) is 5.69 Å². The highest BCUT2D eigenvalue weighted by Crippen LogP contribution is 2.35. The average Bonchev–Trinajstić information content (AvgIpc) is 2.90. The first-order chi connectivity index (χ1) is 10.2. The van der Waals surface area contributed by atoms with Gasteiger partial charge < -0.3 is 5.73 Å². The maximum absolute atomic E-state index is 5.95. The molecule has 0 radical (unpaired) electrons. The number of hydrogen-bond donors (Lipinski definition) is 1. The third-order valence-electron chi connectivity index (χ3n) is 3.53. The van der Waals surface area contributed by atoms with Crippen LogP contribution in [0.25, 0.3) is 0 Å². The van der Waals surface area contributed by atoms with Crippen LogP contribution in [0.15, 0.2) is 58.5 Å². The van der Waals surface area contributed by atoms with E-state index in [1.807, 2.05) is 29.3 Å². The van der Waals surface area contributed by atoms with E-state index in [2.05, 4.69) is 35.6 Å². The third kappa shape index (κ3) is 3.01. The molecule has 1 heterocycles. The van der Waals surface area contributed by atoms with Crippen molar-refractivity contribution in [2.45, 2.75) is 17.4 Å². The molecule has 0 aliphatic carbocycles. The van der Waals surface area contributed by atoms with Crippen molar-refractivity contribution in [1.29, 1.82) is 0 Å². The van der Waals surface area contributed by atoms with E-state index in [0.717, 1.165) is 17.1 Å². The fourth-order valence-corrected chi connectivity index (χ4v) is 2.98. The zero-order valence-electron chi connectivity index (χ0n) is 11.7. The molecule has 3 rings (SSSR count). The standard InChI is InChI=1S/C16H16ClN3S/c1-21-14-8-2-11(3-9-14)15-10-16(18)19-20(15)13-6-4-12(17)5-7-13/h2-9,15H,10H2,1H3,(H2,18,19). The highest BCUT2D eigenvalue weighted by Gasteiger charge is 2.27. The number of amidine groups is 1. The van der Waals surface area contributed by atoms with Crippen LogP contribution in [-0.4, -0.2) is 12.1 Å². The Morgan fingerprint density at radius 3 is 2.43 bits per heavy atom. The van der Waals surface area contributed by atoms with E-state index < -0.39 is 0 Å². The van der Waals surface area contributed by atoms with E-state index >= 15 is 0 Å². The molecular weight excluding hydrogens is 302 g/mol. The lowest BCUT2D eigenvalue weighted by atomic mass is 10.0. The lowest BCUT2D eigenvalue weighted by Crippen LogP contribution is -2.18. The molecule has 2 N–H and O–H groups in total. The molecule has 2 aromatic rings. The van der Waals surface area contributed by atoms with Crippen molar-refractivity contribution in [2.24, 2.45) is 10.8 Å². The van der Waals surface area contributed by atoms with Crippen LogP contribution in [0, 0.1) is 0 Å². The number of anilines is 1. The Labute approximate surface area is 133 Å². The van der Waals surface area contributed by atoms with Crippen molar-refractivity contribution >= 4 is 34.9 Å². The van der Waals surface area contributed by atoms with Crippen molar-refractivity contribution in [3.8, 4) is 0 Å². The first kappa shape index (κ1) is 14.3. The van der Waals surface area contributed by atoms with Crippen molar-refractivity contribution in [3.63, 3.8) is 0 Å². The minimum absolute atomic E-state index is 0.141. The summed E-state index contributed by atoms with van der Waals surface area (Å²) in [6.07, 6.45) is 2.81. The van der Waals surface area contributed by atoms with Crippen LogP contribution >= 0.6 is 23.4 Å². The molecule has 1 atom stereocenters. The number of nitrogens with two attached hydrogens (primary N) is 1. The Hall–Kier alpha value is -1.65. The molecule has 0 saturated carbocycles. The van der Waals surface area contributed by atoms with Crippen LogP contribution in [0.3, 0.4) is 0 Å². The quantitative estimate of drug-likeness (QED) is 0.859. The van der Waals surface area contributed by atoms with Gasteiger partial charge in [0.2, 0.25) is 0 Å². The molecule has 0 bridgehead atoms. The number of hydrazone groups is 1. The van der Waals surface area contributed by atoms with E-state index in [1.54, 1.807) is 11.8 Å². The fourth-order valence-electron chi connectivity index (χ4n) is 2.45. The van der Waals surface area contributed by atoms with Gasteiger partial charge in [0.1, 0.15) is 5.84 Å². The molecule has 0 fully saturated rings. The molecule has 2 aromatic carbocycles. The van der Waals surface area contributed by atoms with Gasteiger partial charge in [-0.2, -0.15) is 5.10 Å². The van der Waals surface area contributed by atoms with Gasteiger partial charge in [-0.3, -0.25) is 5.01 Å². The topological polar surface area (TPSA) is 41.6 Å². The van der Waals surface area contributed by atoms with E-state index in [9.17, 15) is 0 Å². The van der Waals surface area contributed by atoms with Crippen LogP contribution < -0.4 is 10.7 Å². The lowest BCUT2D eigenvalue weighted by molar-refractivity contribution is 0.708. The smallest absolute Gasteiger partial charge is 0.122 e. The first-order valence-corrected chi connectivity index (χ1v) is 8.29. The first-order valence-electron chi connectivity index (χ1n) is 6.69. The molecule has 0 saturated heterocycles. The summed E-state index contributed by atoms with van der Waals surface area (Å²) in [4.78, 5) is 1.25. The largest absolute Gasteiger partial charge is 0.386 e. The summed E-state index contributed by atoms with van der Waals surface area (Å²) in [5.41, 5.74) is 8.17. The second kappa shape index (κ2) is 6.00. The monoisotopic (exact) mass is 317 g/mol. The van der Waals surface area contributed by atoms with E-state index in [-0.39, 0.29) is 6.04 Å². The summed E-state index contributed by atoms with van der Waals surface area (Å²) >= 11 is 7.69. The summed E-state index contributed by atoms with van der Waals surface area (Å²) in [5, 5.41) is 7.16. The lowest BCUT2D eigenvalue weighted by Gasteiger charge is -2.24. The van der Waals surface area contributed by atoms with E-state index in [1.165, 1.54) is 10.5 Å². The summed E-state index contributed by atoms with van der Waals surface area (Å²) in [5.74, 6) is 0.656. The fraction of sp³-hybridized carbons (Fsp3) is 0.188. The van der Waals surface area contributed by atoms with Gasteiger partial charge in [-0.15, -0.1) is 11.8 Å². The molecule has 108 valence electrons. The molecule has 0 amide bonds. The Balaban J connectivity index is 1.91. The third-order valence-corrected chi connectivity index (χ3v) is 4.52. The SMILES string of the molecule is CSc1ccc(C2CC(N)=NN2c2ccc(Cl)cc2)cc1.